The summed E-state index contributed by atoms with van der Waals surface area (Å²) >= 11 is 0. The Balaban J connectivity index is 2.03. The topological polar surface area (TPSA) is 55.1 Å². The highest BCUT2D eigenvalue weighted by atomic mass is 16.1. The minimum absolute atomic E-state index is 0.0297. The van der Waals surface area contributed by atoms with Gasteiger partial charge in [-0.1, -0.05) is 19.9 Å². The van der Waals surface area contributed by atoms with Crippen molar-refractivity contribution >= 4 is 11.6 Å². The number of carbonyl (C=O) groups excluding carboxylic acids is 1. The van der Waals surface area contributed by atoms with E-state index < -0.39 is 0 Å². The van der Waals surface area contributed by atoms with Crippen LogP contribution < -0.4 is 11.1 Å². The molecule has 80 valence electrons. The number of benzene rings is 1. The molecule has 3 N–H and O–H groups in total. The second-order valence-corrected chi connectivity index (χ2v) is 4.84. The monoisotopic (exact) mass is 204 g/mol. The van der Waals surface area contributed by atoms with Crippen LogP contribution in [0.25, 0.3) is 0 Å². The molecule has 1 saturated carbocycles. The van der Waals surface area contributed by atoms with E-state index in [4.69, 9.17) is 5.73 Å². The maximum atomic E-state index is 11.8. The summed E-state index contributed by atoms with van der Waals surface area (Å²) in [6, 6.07) is 7.36. The van der Waals surface area contributed by atoms with E-state index in [0.717, 1.165) is 6.42 Å². The third-order valence-corrected chi connectivity index (χ3v) is 2.97. The Morgan fingerprint density at radius 1 is 1.53 bits per heavy atom. The van der Waals surface area contributed by atoms with E-state index in [1.54, 1.807) is 24.3 Å². The molecule has 3 nitrogen and oxygen atoms in total. The van der Waals surface area contributed by atoms with Crippen LogP contribution in [0.2, 0.25) is 0 Å². The van der Waals surface area contributed by atoms with Crippen LogP contribution in [-0.2, 0) is 0 Å². The number of nitrogen functional groups attached to an aromatic ring is 1. The first-order valence-electron chi connectivity index (χ1n) is 5.15. The van der Waals surface area contributed by atoms with Gasteiger partial charge in [-0.25, -0.2) is 0 Å². The van der Waals surface area contributed by atoms with Crippen molar-refractivity contribution in [1.82, 2.24) is 5.32 Å². The Hall–Kier alpha value is -1.51. The third kappa shape index (κ3) is 2.12. The largest absolute Gasteiger partial charge is 0.399 e. The Morgan fingerprint density at radius 2 is 2.20 bits per heavy atom. The SMILES string of the molecule is CC1(C)CC1NC(=O)c1cccc(N)c1. The Bertz CT molecular complexity index is 398. The zero-order valence-electron chi connectivity index (χ0n) is 9.08. The summed E-state index contributed by atoms with van der Waals surface area (Å²) in [7, 11) is 0. The van der Waals surface area contributed by atoms with Crippen LogP contribution in [0.1, 0.15) is 30.6 Å². The number of hydrogen-bond donors (Lipinski definition) is 2. The van der Waals surface area contributed by atoms with E-state index in [0.29, 0.717) is 17.3 Å². The van der Waals surface area contributed by atoms with Crippen LogP contribution in [0.4, 0.5) is 5.69 Å². The minimum Gasteiger partial charge on any atom is -0.399 e. The molecule has 1 amide bonds. The van der Waals surface area contributed by atoms with E-state index in [2.05, 4.69) is 19.2 Å². The van der Waals surface area contributed by atoms with Crippen molar-refractivity contribution in [2.45, 2.75) is 26.3 Å². The number of anilines is 1. The lowest BCUT2D eigenvalue weighted by Gasteiger charge is -2.07. The van der Waals surface area contributed by atoms with Crippen LogP contribution >= 0.6 is 0 Å². The van der Waals surface area contributed by atoms with Crippen LogP contribution in [0.15, 0.2) is 24.3 Å². The van der Waals surface area contributed by atoms with Gasteiger partial charge in [0.2, 0.25) is 0 Å². The molecule has 1 unspecified atom stereocenters. The fourth-order valence-electron chi connectivity index (χ4n) is 1.64. The van der Waals surface area contributed by atoms with E-state index in [9.17, 15) is 4.79 Å². The summed E-state index contributed by atoms with van der Waals surface area (Å²) in [5.74, 6) is -0.0297. The molecule has 1 atom stereocenters. The zero-order valence-corrected chi connectivity index (χ0v) is 9.08. The molecule has 0 heterocycles. The highest BCUT2D eigenvalue weighted by molar-refractivity contribution is 5.95. The van der Waals surface area contributed by atoms with Gasteiger partial charge in [0.05, 0.1) is 0 Å². The van der Waals surface area contributed by atoms with Crippen molar-refractivity contribution in [3.05, 3.63) is 29.8 Å². The van der Waals surface area contributed by atoms with Gasteiger partial charge in [-0.2, -0.15) is 0 Å². The minimum atomic E-state index is -0.0297. The smallest absolute Gasteiger partial charge is 0.251 e. The predicted octanol–water partition coefficient (Wildman–Crippen LogP) is 1.80. The second kappa shape index (κ2) is 3.26. The Kier molecular flexibility index (Phi) is 2.18. The van der Waals surface area contributed by atoms with Gasteiger partial charge < -0.3 is 11.1 Å². The first-order valence-corrected chi connectivity index (χ1v) is 5.15. The van der Waals surface area contributed by atoms with Crippen LogP contribution in [-0.4, -0.2) is 11.9 Å². The molecule has 0 spiro atoms. The van der Waals surface area contributed by atoms with E-state index in [1.807, 2.05) is 0 Å². The summed E-state index contributed by atoms with van der Waals surface area (Å²) in [6.45, 7) is 4.30. The summed E-state index contributed by atoms with van der Waals surface area (Å²) < 4.78 is 0. The maximum absolute atomic E-state index is 11.8. The summed E-state index contributed by atoms with van der Waals surface area (Å²) in [5, 5.41) is 2.99. The normalized spacial score (nSPS) is 22.1. The second-order valence-electron chi connectivity index (χ2n) is 4.84. The van der Waals surface area contributed by atoms with Gasteiger partial charge in [0.1, 0.15) is 0 Å². The molecule has 1 fully saturated rings. The number of carbonyl (C=O) groups is 1. The van der Waals surface area contributed by atoms with Gasteiger partial charge in [0, 0.05) is 17.3 Å². The first kappa shape index (κ1) is 10.0. The maximum Gasteiger partial charge on any atom is 0.251 e. The molecule has 2 rings (SSSR count). The van der Waals surface area contributed by atoms with E-state index in [-0.39, 0.29) is 11.3 Å². The predicted molar refractivity (Wildman–Crippen MR) is 60.5 cm³/mol. The van der Waals surface area contributed by atoms with Crippen LogP contribution in [0, 0.1) is 5.41 Å². The molecule has 1 aromatic rings. The molecule has 0 saturated heterocycles. The van der Waals surface area contributed by atoms with Gasteiger partial charge in [-0.3, -0.25) is 4.79 Å². The lowest BCUT2D eigenvalue weighted by molar-refractivity contribution is 0.0946. The molecule has 1 aliphatic rings. The quantitative estimate of drug-likeness (QED) is 0.722. The van der Waals surface area contributed by atoms with Gasteiger partial charge in [0.25, 0.3) is 5.91 Å². The number of hydrogen-bond acceptors (Lipinski definition) is 2. The van der Waals surface area contributed by atoms with Crippen LogP contribution in [0.3, 0.4) is 0 Å². The summed E-state index contributed by atoms with van der Waals surface area (Å²) in [6.07, 6.45) is 1.06. The Labute approximate surface area is 89.7 Å². The van der Waals surface area contributed by atoms with Crippen molar-refractivity contribution < 1.29 is 4.79 Å². The first-order chi connectivity index (χ1) is 6.99. The molecule has 1 aromatic carbocycles. The number of nitrogens with two attached hydrogens (primary N) is 1. The molecule has 3 heteroatoms. The molecule has 15 heavy (non-hydrogen) atoms. The van der Waals surface area contributed by atoms with Crippen molar-refractivity contribution in [2.24, 2.45) is 5.41 Å². The summed E-state index contributed by atoms with van der Waals surface area (Å²) in [5.41, 5.74) is 7.14. The molecule has 0 aromatic heterocycles. The van der Waals surface area contributed by atoms with Gasteiger partial charge in [-0.15, -0.1) is 0 Å². The molecular weight excluding hydrogens is 188 g/mol. The fourth-order valence-corrected chi connectivity index (χ4v) is 1.64. The van der Waals surface area contributed by atoms with Crippen molar-refractivity contribution in [2.75, 3.05) is 5.73 Å². The standard InChI is InChI=1S/C12H16N2O/c1-12(2)7-10(12)14-11(15)8-4-3-5-9(13)6-8/h3-6,10H,7,13H2,1-2H3,(H,14,15). The third-order valence-electron chi connectivity index (χ3n) is 2.97. The average Bonchev–Trinajstić information content (AvgIpc) is 2.73. The van der Waals surface area contributed by atoms with Crippen molar-refractivity contribution in [1.29, 1.82) is 0 Å². The lowest BCUT2D eigenvalue weighted by atomic mass is 10.1. The highest BCUT2D eigenvalue weighted by Gasteiger charge is 2.46. The summed E-state index contributed by atoms with van der Waals surface area (Å²) in [4.78, 5) is 11.8. The van der Waals surface area contributed by atoms with Crippen molar-refractivity contribution in [3.63, 3.8) is 0 Å². The number of nitrogens with one attached hydrogen (secondary N) is 1. The molecule has 1 aliphatic carbocycles. The van der Waals surface area contributed by atoms with Crippen LogP contribution in [0.5, 0.6) is 0 Å². The van der Waals surface area contributed by atoms with Gasteiger partial charge in [-0.05, 0) is 30.0 Å². The lowest BCUT2D eigenvalue weighted by Crippen LogP contribution is -2.28. The van der Waals surface area contributed by atoms with Gasteiger partial charge in [0.15, 0.2) is 0 Å². The molecule has 0 aliphatic heterocycles. The molecule has 0 bridgehead atoms. The number of rotatable bonds is 2. The van der Waals surface area contributed by atoms with E-state index >= 15 is 0 Å². The van der Waals surface area contributed by atoms with Crippen molar-refractivity contribution in [3.8, 4) is 0 Å². The van der Waals surface area contributed by atoms with Gasteiger partial charge >= 0.3 is 0 Å². The Morgan fingerprint density at radius 3 is 2.73 bits per heavy atom. The zero-order chi connectivity index (χ0) is 11.1. The van der Waals surface area contributed by atoms with E-state index in [1.165, 1.54) is 0 Å². The average molecular weight is 204 g/mol. The highest BCUT2D eigenvalue weighted by Crippen LogP contribution is 2.44. The fraction of sp³-hybridized carbons (Fsp3) is 0.417. The number of amides is 1. The molecule has 0 radical (unpaired) electrons. The molecular formula is C12H16N2O.